The SMILES string of the molecule is C1CN1.O=CO. The van der Waals surface area contributed by atoms with Crippen LogP contribution in [0.5, 0.6) is 0 Å². The lowest BCUT2D eigenvalue weighted by Crippen LogP contribution is -1.56. The van der Waals surface area contributed by atoms with Crippen molar-refractivity contribution in [2.24, 2.45) is 0 Å². The van der Waals surface area contributed by atoms with Gasteiger partial charge in [0.15, 0.2) is 0 Å². The van der Waals surface area contributed by atoms with Gasteiger partial charge in [0, 0.05) is 13.1 Å². The molecule has 0 radical (unpaired) electrons. The van der Waals surface area contributed by atoms with Gasteiger partial charge in [-0.15, -0.1) is 0 Å². The number of hydrogen-bond acceptors (Lipinski definition) is 2. The first-order valence-corrected chi connectivity index (χ1v) is 1.70. The maximum absolute atomic E-state index is 8.36. The van der Waals surface area contributed by atoms with Gasteiger partial charge >= 0.3 is 0 Å². The Morgan fingerprint density at radius 3 is 1.83 bits per heavy atom. The van der Waals surface area contributed by atoms with Gasteiger partial charge < -0.3 is 10.4 Å². The largest absolute Gasteiger partial charge is 0.483 e. The highest BCUT2D eigenvalue weighted by Gasteiger charge is 1.91. The second kappa shape index (κ2) is 4.43. The van der Waals surface area contributed by atoms with E-state index in [1.54, 1.807) is 0 Å². The molecule has 0 amide bonds. The van der Waals surface area contributed by atoms with Gasteiger partial charge in [0.05, 0.1) is 0 Å². The molecular weight excluding hydrogens is 82.0 g/mol. The summed E-state index contributed by atoms with van der Waals surface area (Å²) in [6.45, 7) is 2.25. The first-order chi connectivity index (χ1) is 2.91. The molecule has 0 atom stereocenters. The van der Waals surface area contributed by atoms with Crippen molar-refractivity contribution in [3.8, 4) is 0 Å². The summed E-state index contributed by atoms with van der Waals surface area (Å²) in [5, 5.41) is 9.89. The molecule has 36 valence electrons. The van der Waals surface area contributed by atoms with E-state index in [2.05, 4.69) is 5.32 Å². The monoisotopic (exact) mass is 89.0 g/mol. The molecule has 0 unspecified atom stereocenters. The molecule has 3 heteroatoms. The molecule has 0 aromatic carbocycles. The molecule has 0 aliphatic carbocycles. The standard InChI is InChI=1S/C2H5N.CH2O2/c1-2-3-1;2-1-3/h3H,1-2H2;1H,(H,2,3). The smallest absolute Gasteiger partial charge is 0.290 e. The van der Waals surface area contributed by atoms with Crippen LogP contribution in [0.4, 0.5) is 0 Å². The van der Waals surface area contributed by atoms with Gasteiger partial charge in [-0.1, -0.05) is 0 Å². The van der Waals surface area contributed by atoms with Crippen molar-refractivity contribution in [1.82, 2.24) is 5.32 Å². The third-order valence-corrected chi connectivity index (χ3v) is 0.250. The normalized spacial score (nSPS) is 14.0. The average Bonchev–Trinajstić information content (AvgIpc) is 2.11. The van der Waals surface area contributed by atoms with Crippen LogP contribution >= 0.6 is 0 Å². The van der Waals surface area contributed by atoms with Crippen molar-refractivity contribution in [2.45, 2.75) is 0 Å². The van der Waals surface area contributed by atoms with E-state index in [-0.39, 0.29) is 6.47 Å². The zero-order valence-corrected chi connectivity index (χ0v) is 3.35. The van der Waals surface area contributed by atoms with Crippen LogP contribution in [-0.4, -0.2) is 24.7 Å². The summed E-state index contributed by atoms with van der Waals surface area (Å²) in [6, 6.07) is 0. The Morgan fingerprint density at radius 2 is 1.83 bits per heavy atom. The van der Waals surface area contributed by atoms with Crippen molar-refractivity contribution >= 4 is 6.47 Å². The fourth-order valence-corrected chi connectivity index (χ4v) is 0. The minimum Gasteiger partial charge on any atom is -0.483 e. The molecule has 3 nitrogen and oxygen atoms in total. The van der Waals surface area contributed by atoms with E-state index in [1.807, 2.05) is 0 Å². The molecule has 2 N–H and O–H groups in total. The summed E-state index contributed by atoms with van der Waals surface area (Å²) in [5.74, 6) is 0. The van der Waals surface area contributed by atoms with E-state index in [0.29, 0.717) is 0 Å². The summed E-state index contributed by atoms with van der Waals surface area (Å²) < 4.78 is 0. The lowest BCUT2D eigenvalue weighted by molar-refractivity contribution is -0.122. The Morgan fingerprint density at radius 1 is 1.67 bits per heavy atom. The van der Waals surface area contributed by atoms with Crippen LogP contribution in [0.1, 0.15) is 0 Å². The van der Waals surface area contributed by atoms with E-state index in [9.17, 15) is 0 Å². The molecule has 1 heterocycles. The molecule has 0 saturated carbocycles. The molecule has 1 rings (SSSR count). The third-order valence-electron chi connectivity index (χ3n) is 0.250. The highest BCUT2D eigenvalue weighted by atomic mass is 16.3. The average molecular weight is 89.1 g/mol. The topological polar surface area (TPSA) is 59.2 Å². The zero-order chi connectivity index (χ0) is 4.83. The number of hydrogen-bond donors (Lipinski definition) is 2. The fourth-order valence-electron chi connectivity index (χ4n) is 0. The fraction of sp³-hybridized carbons (Fsp3) is 0.667. The Kier molecular flexibility index (Phi) is 4.01. The van der Waals surface area contributed by atoms with Gasteiger partial charge in [0.25, 0.3) is 6.47 Å². The Balaban J connectivity index is 0.0000000833. The van der Waals surface area contributed by atoms with Gasteiger partial charge in [-0.25, -0.2) is 0 Å². The number of nitrogens with one attached hydrogen (secondary N) is 1. The van der Waals surface area contributed by atoms with Gasteiger partial charge in [0.2, 0.25) is 0 Å². The summed E-state index contributed by atoms with van der Waals surface area (Å²) in [6.07, 6.45) is 0. The van der Waals surface area contributed by atoms with Gasteiger partial charge in [0.1, 0.15) is 0 Å². The molecule has 1 aliphatic heterocycles. The van der Waals surface area contributed by atoms with Crippen LogP contribution in [0.25, 0.3) is 0 Å². The van der Waals surface area contributed by atoms with Crippen LogP contribution in [0.2, 0.25) is 0 Å². The minimum absolute atomic E-state index is 0.250. The predicted molar refractivity (Wildman–Crippen MR) is 21.6 cm³/mol. The highest BCUT2D eigenvalue weighted by molar-refractivity contribution is 5.32. The second-order valence-electron chi connectivity index (χ2n) is 0.855. The van der Waals surface area contributed by atoms with E-state index >= 15 is 0 Å². The molecule has 0 aromatic rings. The molecule has 1 aliphatic rings. The van der Waals surface area contributed by atoms with E-state index in [1.165, 1.54) is 13.1 Å². The van der Waals surface area contributed by atoms with Crippen molar-refractivity contribution in [2.75, 3.05) is 13.1 Å². The maximum atomic E-state index is 8.36. The van der Waals surface area contributed by atoms with Crippen LogP contribution in [-0.2, 0) is 4.79 Å². The Hall–Kier alpha value is -0.570. The first-order valence-electron chi connectivity index (χ1n) is 1.70. The molecule has 0 bridgehead atoms. The number of carbonyl (C=O) groups is 1. The van der Waals surface area contributed by atoms with E-state index < -0.39 is 0 Å². The zero-order valence-electron chi connectivity index (χ0n) is 3.35. The van der Waals surface area contributed by atoms with Crippen molar-refractivity contribution in [1.29, 1.82) is 0 Å². The van der Waals surface area contributed by atoms with Crippen LogP contribution in [0.15, 0.2) is 0 Å². The molecule has 0 aromatic heterocycles. The quantitative estimate of drug-likeness (QED) is 0.304. The van der Waals surface area contributed by atoms with Crippen LogP contribution < -0.4 is 5.32 Å². The minimum atomic E-state index is -0.250. The summed E-state index contributed by atoms with van der Waals surface area (Å²) >= 11 is 0. The molecule has 0 spiro atoms. The lowest BCUT2D eigenvalue weighted by atomic mass is 11.0. The van der Waals surface area contributed by atoms with Gasteiger partial charge in [-0.2, -0.15) is 0 Å². The molecule has 1 saturated heterocycles. The predicted octanol–water partition coefficient (Wildman–Crippen LogP) is -0.710. The van der Waals surface area contributed by atoms with E-state index in [4.69, 9.17) is 9.90 Å². The van der Waals surface area contributed by atoms with Crippen molar-refractivity contribution in [3.63, 3.8) is 0 Å². The number of carboxylic acid groups (broad SMARTS) is 1. The van der Waals surface area contributed by atoms with Crippen molar-refractivity contribution < 1.29 is 9.90 Å². The van der Waals surface area contributed by atoms with Crippen LogP contribution in [0.3, 0.4) is 0 Å². The summed E-state index contributed by atoms with van der Waals surface area (Å²) in [5.41, 5.74) is 0. The highest BCUT2D eigenvalue weighted by Crippen LogP contribution is 1.65. The molecule has 6 heavy (non-hydrogen) atoms. The maximum Gasteiger partial charge on any atom is 0.290 e. The van der Waals surface area contributed by atoms with Crippen LogP contribution in [0, 0.1) is 0 Å². The van der Waals surface area contributed by atoms with E-state index in [0.717, 1.165) is 0 Å². The Bertz CT molecular complexity index is 33.0. The lowest BCUT2D eigenvalue weighted by Gasteiger charge is -1.34. The van der Waals surface area contributed by atoms with Gasteiger partial charge in [-0.05, 0) is 0 Å². The molecular formula is C3H7NO2. The second-order valence-corrected chi connectivity index (χ2v) is 0.855. The molecule has 1 fully saturated rings. The first kappa shape index (κ1) is 5.43. The van der Waals surface area contributed by atoms with Crippen molar-refractivity contribution in [3.05, 3.63) is 0 Å². The summed E-state index contributed by atoms with van der Waals surface area (Å²) in [4.78, 5) is 8.36. The number of rotatable bonds is 0. The third kappa shape index (κ3) is 110. The summed E-state index contributed by atoms with van der Waals surface area (Å²) in [7, 11) is 0. The Labute approximate surface area is 36.0 Å². The van der Waals surface area contributed by atoms with Gasteiger partial charge in [-0.3, -0.25) is 4.79 Å².